The quantitative estimate of drug-likeness (QED) is 0.929. The third kappa shape index (κ3) is 3.01. The van der Waals surface area contributed by atoms with Crippen LogP contribution in [0.25, 0.3) is 0 Å². The van der Waals surface area contributed by atoms with Crippen LogP contribution in [-0.2, 0) is 4.74 Å². The van der Waals surface area contributed by atoms with E-state index in [4.69, 9.17) is 14.2 Å². The van der Waals surface area contributed by atoms with Gasteiger partial charge in [0.1, 0.15) is 11.5 Å². The third-order valence-electron chi connectivity index (χ3n) is 4.72. The van der Waals surface area contributed by atoms with Gasteiger partial charge in [-0.2, -0.15) is 0 Å². The van der Waals surface area contributed by atoms with Crippen LogP contribution >= 0.6 is 0 Å². The van der Waals surface area contributed by atoms with Gasteiger partial charge in [0.2, 0.25) is 0 Å². The first-order valence-corrected chi connectivity index (χ1v) is 7.87. The molecule has 21 heavy (non-hydrogen) atoms. The highest BCUT2D eigenvalue weighted by Gasteiger charge is 2.39. The lowest BCUT2D eigenvalue weighted by molar-refractivity contribution is -0.136. The van der Waals surface area contributed by atoms with Gasteiger partial charge in [0.05, 0.1) is 25.9 Å². The zero-order valence-corrected chi connectivity index (χ0v) is 13.0. The fourth-order valence-electron chi connectivity index (χ4n) is 3.56. The van der Waals surface area contributed by atoms with Crippen molar-refractivity contribution in [2.45, 2.75) is 43.8 Å². The number of benzene rings is 1. The lowest BCUT2D eigenvalue weighted by Gasteiger charge is -2.44. The van der Waals surface area contributed by atoms with Crippen molar-refractivity contribution in [1.82, 2.24) is 5.32 Å². The Balaban J connectivity index is 1.82. The Hall–Kier alpha value is -1.26. The predicted octanol–water partition coefficient (Wildman–Crippen LogP) is 3.07. The average Bonchev–Trinajstić information content (AvgIpc) is 2.55. The molecule has 1 N–H and O–H groups in total. The van der Waals surface area contributed by atoms with E-state index in [9.17, 15) is 0 Å². The van der Waals surface area contributed by atoms with Crippen LogP contribution in [0.1, 0.15) is 43.8 Å². The van der Waals surface area contributed by atoms with E-state index in [1.54, 1.807) is 14.2 Å². The lowest BCUT2D eigenvalue weighted by Crippen LogP contribution is -2.51. The van der Waals surface area contributed by atoms with Crippen LogP contribution < -0.4 is 14.8 Å². The van der Waals surface area contributed by atoms with Crippen LogP contribution in [0.3, 0.4) is 0 Å². The molecule has 1 saturated heterocycles. The van der Waals surface area contributed by atoms with Crippen molar-refractivity contribution in [3.63, 3.8) is 0 Å². The molecule has 1 saturated carbocycles. The standard InChI is InChI=1S/C17H25NO3/c1-19-13-6-7-14(15(10-13)20-2)16-11-18-12-17(21-16)8-4-3-5-9-17/h6-7,10,16,18H,3-5,8-9,11-12H2,1-2H3. The van der Waals surface area contributed by atoms with Crippen molar-refractivity contribution in [1.29, 1.82) is 0 Å². The zero-order chi connectivity index (χ0) is 14.7. The van der Waals surface area contributed by atoms with E-state index in [-0.39, 0.29) is 11.7 Å². The second kappa shape index (κ2) is 6.24. The highest BCUT2D eigenvalue weighted by molar-refractivity contribution is 5.42. The summed E-state index contributed by atoms with van der Waals surface area (Å²) < 4.78 is 17.3. The summed E-state index contributed by atoms with van der Waals surface area (Å²) in [4.78, 5) is 0. The van der Waals surface area contributed by atoms with Gasteiger partial charge in [-0.05, 0) is 25.0 Å². The van der Waals surface area contributed by atoms with Crippen molar-refractivity contribution in [2.75, 3.05) is 27.3 Å². The zero-order valence-electron chi connectivity index (χ0n) is 13.0. The first-order valence-electron chi connectivity index (χ1n) is 7.87. The molecule has 2 fully saturated rings. The number of hydrogen-bond acceptors (Lipinski definition) is 4. The third-order valence-corrected chi connectivity index (χ3v) is 4.72. The first kappa shape index (κ1) is 14.7. The Kier molecular flexibility index (Phi) is 4.36. The molecule has 1 spiro atoms. The van der Waals surface area contributed by atoms with Gasteiger partial charge in [-0.1, -0.05) is 19.3 Å². The van der Waals surface area contributed by atoms with Gasteiger partial charge in [0, 0.05) is 24.7 Å². The number of morpholine rings is 1. The maximum atomic E-state index is 6.53. The summed E-state index contributed by atoms with van der Waals surface area (Å²) in [6.07, 6.45) is 6.26. The Morgan fingerprint density at radius 1 is 1.14 bits per heavy atom. The second-order valence-corrected chi connectivity index (χ2v) is 6.09. The summed E-state index contributed by atoms with van der Waals surface area (Å²) >= 11 is 0. The second-order valence-electron chi connectivity index (χ2n) is 6.09. The van der Waals surface area contributed by atoms with Crippen molar-refractivity contribution in [2.24, 2.45) is 0 Å². The number of ether oxygens (including phenoxy) is 3. The van der Waals surface area contributed by atoms with Crippen molar-refractivity contribution in [3.8, 4) is 11.5 Å². The van der Waals surface area contributed by atoms with E-state index in [1.165, 1.54) is 19.3 Å². The molecule has 0 radical (unpaired) electrons. The molecule has 1 aromatic rings. The minimum absolute atomic E-state index is 0.0199. The molecule has 4 nitrogen and oxygen atoms in total. The van der Waals surface area contributed by atoms with Gasteiger partial charge < -0.3 is 19.5 Å². The van der Waals surface area contributed by atoms with Crippen molar-refractivity contribution >= 4 is 0 Å². The first-order chi connectivity index (χ1) is 10.3. The Morgan fingerprint density at radius 2 is 1.95 bits per heavy atom. The van der Waals surface area contributed by atoms with Crippen molar-refractivity contribution in [3.05, 3.63) is 23.8 Å². The maximum Gasteiger partial charge on any atom is 0.128 e. The summed E-state index contributed by atoms with van der Waals surface area (Å²) in [5, 5.41) is 3.56. The molecular formula is C17H25NO3. The van der Waals surface area contributed by atoms with Crippen LogP contribution in [0.15, 0.2) is 18.2 Å². The minimum atomic E-state index is 0.0199. The molecule has 1 unspecified atom stereocenters. The van der Waals surface area contributed by atoms with Gasteiger partial charge in [0.15, 0.2) is 0 Å². The topological polar surface area (TPSA) is 39.7 Å². The highest BCUT2D eigenvalue weighted by Crippen LogP contribution is 2.40. The summed E-state index contributed by atoms with van der Waals surface area (Å²) in [6.45, 7) is 1.81. The van der Waals surface area contributed by atoms with Crippen LogP contribution in [0.2, 0.25) is 0 Å². The molecule has 1 aliphatic carbocycles. The van der Waals surface area contributed by atoms with E-state index in [1.807, 2.05) is 12.1 Å². The molecule has 0 aromatic heterocycles. The SMILES string of the molecule is COc1ccc(C2CNCC3(CCCCC3)O2)c(OC)c1. The number of rotatable bonds is 3. The summed E-state index contributed by atoms with van der Waals surface area (Å²) in [6, 6.07) is 5.97. The fourth-order valence-corrected chi connectivity index (χ4v) is 3.56. The van der Waals surface area contributed by atoms with E-state index in [0.717, 1.165) is 43.0 Å². The summed E-state index contributed by atoms with van der Waals surface area (Å²) in [5.41, 5.74) is 1.13. The normalized spacial score (nSPS) is 24.8. The van der Waals surface area contributed by atoms with E-state index in [2.05, 4.69) is 11.4 Å². The van der Waals surface area contributed by atoms with Gasteiger partial charge in [-0.15, -0.1) is 0 Å². The smallest absolute Gasteiger partial charge is 0.128 e. The van der Waals surface area contributed by atoms with Crippen LogP contribution in [0, 0.1) is 0 Å². The van der Waals surface area contributed by atoms with Gasteiger partial charge in [-0.3, -0.25) is 0 Å². The minimum Gasteiger partial charge on any atom is -0.497 e. The molecule has 1 aliphatic heterocycles. The van der Waals surface area contributed by atoms with E-state index in [0.29, 0.717) is 0 Å². The van der Waals surface area contributed by atoms with E-state index < -0.39 is 0 Å². The van der Waals surface area contributed by atoms with Crippen LogP contribution in [-0.4, -0.2) is 32.9 Å². The van der Waals surface area contributed by atoms with Gasteiger partial charge in [0.25, 0.3) is 0 Å². The van der Waals surface area contributed by atoms with Crippen LogP contribution in [0.5, 0.6) is 11.5 Å². The molecule has 1 aromatic carbocycles. The molecule has 2 aliphatic rings. The average molecular weight is 291 g/mol. The monoisotopic (exact) mass is 291 g/mol. The Bertz CT molecular complexity index is 477. The number of methoxy groups -OCH3 is 2. The summed E-state index contributed by atoms with van der Waals surface area (Å²) in [7, 11) is 3.37. The Morgan fingerprint density at radius 3 is 2.67 bits per heavy atom. The molecule has 4 heteroatoms. The number of nitrogens with one attached hydrogen (secondary N) is 1. The lowest BCUT2D eigenvalue weighted by atomic mass is 9.83. The number of hydrogen-bond donors (Lipinski definition) is 1. The molecule has 1 heterocycles. The van der Waals surface area contributed by atoms with Crippen molar-refractivity contribution < 1.29 is 14.2 Å². The molecular weight excluding hydrogens is 266 g/mol. The summed E-state index contributed by atoms with van der Waals surface area (Å²) in [5.74, 6) is 1.65. The maximum absolute atomic E-state index is 6.53. The van der Waals surface area contributed by atoms with Gasteiger partial charge >= 0.3 is 0 Å². The molecule has 0 amide bonds. The molecule has 1 atom stereocenters. The van der Waals surface area contributed by atoms with E-state index >= 15 is 0 Å². The largest absolute Gasteiger partial charge is 0.497 e. The molecule has 0 bridgehead atoms. The fraction of sp³-hybridized carbons (Fsp3) is 0.647. The molecule has 3 rings (SSSR count). The van der Waals surface area contributed by atoms with Crippen LogP contribution in [0.4, 0.5) is 0 Å². The predicted molar refractivity (Wildman–Crippen MR) is 82.1 cm³/mol. The highest BCUT2D eigenvalue weighted by atomic mass is 16.5. The Labute approximate surface area is 126 Å². The molecule has 116 valence electrons. The van der Waals surface area contributed by atoms with Gasteiger partial charge in [-0.25, -0.2) is 0 Å².